The van der Waals surface area contributed by atoms with Crippen LogP contribution in [0.25, 0.3) is 110 Å². The fourth-order valence-electron chi connectivity index (χ4n) is 14.1. The zero-order valence-corrected chi connectivity index (χ0v) is 63.0. The predicted molar refractivity (Wildman–Crippen MR) is 467 cm³/mol. The van der Waals surface area contributed by atoms with Crippen molar-refractivity contribution in [1.29, 1.82) is 0 Å². The van der Waals surface area contributed by atoms with Gasteiger partial charge in [-0.05, 0) is 169 Å². The third-order valence-corrected chi connectivity index (χ3v) is 19.3. The number of aryl methyl sites for hydroxylation is 8. The van der Waals surface area contributed by atoms with E-state index >= 15 is 0 Å². The van der Waals surface area contributed by atoms with E-state index in [1.54, 1.807) is 0 Å². The average molecular weight is 1400 g/mol. The van der Waals surface area contributed by atoms with E-state index in [9.17, 15) is 0 Å². The smallest absolute Gasteiger partial charge is 0.0570 e. The maximum Gasteiger partial charge on any atom is 0.0570 e. The largest absolute Gasteiger partial charge is 0.309 e. The second-order valence-electron chi connectivity index (χ2n) is 27.4. The summed E-state index contributed by atoms with van der Waals surface area (Å²) in [4.78, 5) is 0. The Morgan fingerprint density at radius 1 is 0.148 bits per heavy atom. The van der Waals surface area contributed by atoms with Crippen LogP contribution in [0.4, 0.5) is 0 Å². The van der Waals surface area contributed by atoms with Crippen molar-refractivity contribution in [3.8, 4) is 22.7 Å². The Labute approximate surface area is 636 Å². The Kier molecular flexibility index (Phi) is 24.0. The van der Waals surface area contributed by atoms with Crippen molar-refractivity contribution in [3.63, 3.8) is 0 Å². The highest BCUT2D eigenvalue weighted by molar-refractivity contribution is 6.13. The molecule has 0 amide bonds. The highest BCUT2D eigenvalue weighted by Gasteiger charge is 2.16. The second kappa shape index (κ2) is 35.5. The normalized spacial score (nSPS) is 10.6. The Morgan fingerprint density at radius 3 is 0.843 bits per heavy atom. The Hall–Kier alpha value is -13.3. The van der Waals surface area contributed by atoms with Crippen LogP contribution in [0.5, 0.6) is 0 Å². The SMILES string of the molecule is Cc1ccc2c(c1)c1ccccc1n2-c1ccccc1.Cc1ccc2c3ccccc3n(-c3ccccc3)c2c1.Cc1cccc2c1c1ccccc1n2-c1ccccc1.Cc1cccc2c3ccccc3n(-c3ccccc3)c12.Cc1ccccc1.Cc1ccccc1.Cc1ccccc1.Cc1ccccc1. The first-order valence-electron chi connectivity index (χ1n) is 37.2. The summed E-state index contributed by atoms with van der Waals surface area (Å²) in [6, 6.07) is 144. The summed E-state index contributed by atoms with van der Waals surface area (Å²) < 4.78 is 9.39. The molecule has 0 aliphatic heterocycles. The summed E-state index contributed by atoms with van der Waals surface area (Å²) in [5.74, 6) is 0. The van der Waals surface area contributed by atoms with Crippen LogP contribution in [-0.2, 0) is 0 Å². The van der Waals surface area contributed by atoms with Crippen molar-refractivity contribution in [2.45, 2.75) is 55.4 Å². The van der Waals surface area contributed by atoms with Crippen LogP contribution in [0.2, 0.25) is 0 Å². The summed E-state index contributed by atoms with van der Waals surface area (Å²) >= 11 is 0. The minimum atomic E-state index is 1.21. The molecule has 4 nitrogen and oxygen atoms in total. The van der Waals surface area contributed by atoms with Crippen molar-refractivity contribution in [2.24, 2.45) is 0 Å². The zero-order chi connectivity index (χ0) is 74.6. The van der Waals surface area contributed by atoms with Crippen LogP contribution in [0.15, 0.2) is 413 Å². The molecule has 0 N–H and O–H groups in total. The highest BCUT2D eigenvalue weighted by atomic mass is 15.0. The van der Waals surface area contributed by atoms with E-state index in [2.05, 4.69) is 413 Å². The van der Waals surface area contributed by atoms with E-state index in [0.29, 0.717) is 0 Å². The molecule has 0 saturated heterocycles. The van der Waals surface area contributed by atoms with Crippen molar-refractivity contribution in [1.82, 2.24) is 18.3 Å². The van der Waals surface area contributed by atoms with Gasteiger partial charge in [-0.25, -0.2) is 0 Å². The van der Waals surface area contributed by atoms with E-state index in [-0.39, 0.29) is 0 Å². The highest BCUT2D eigenvalue weighted by Crippen LogP contribution is 2.37. The number of para-hydroxylation sites is 9. The molecule has 0 saturated carbocycles. The van der Waals surface area contributed by atoms with Gasteiger partial charge in [-0.15, -0.1) is 0 Å². The van der Waals surface area contributed by atoms with Gasteiger partial charge in [0, 0.05) is 65.8 Å². The lowest BCUT2D eigenvalue weighted by Gasteiger charge is -2.08. The molecule has 0 spiro atoms. The lowest BCUT2D eigenvalue weighted by atomic mass is 10.1. The number of hydrogen-bond donors (Lipinski definition) is 0. The molecule has 0 fully saturated rings. The second-order valence-corrected chi connectivity index (χ2v) is 27.4. The van der Waals surface area contributed by atoms with Crippen molar-refractivity contribution < 1.29 is 0 Å². The molecule has 4 heteroatoms. The third-order valence-electron chi connectivity index (χ3n) is 19.3. The van der Waals surface area contributed by atoms with Crippen LogP contribution in [-0.4, -0.2) is 18.3 Å². The van der Waals surface area contributed by atoms with Crippen LogP contribution in [0.3, 0.4) is 0 Å². The first-order chi connectivity index (χ1) is 53.0. The molecule has 20 aromatic rings. The van der Waals surface area contributed by atoms with Gasteiger partial charge in [0.1, 0.15) is 0 Å². The van der Waals surface area contributed by atoms with Crippen LogP contribution >= 0.6 is 0 Å². The molecule has 0 atom stereocenters. The summed E-state index contributed by atoms with van der Waals surface area (Å²) in [5, 5.41) is 10.6. The van der Waals surface area contributed by atoms with E-state index in [1.807, 2.05) is 72.8 Å². The van der Waals surface area contributed by atoms with Gasteiger partial charge < -0.3 is 18.3 Å². The molecule has 0 aliphatic carbocycles. The Bertz CT molecular complexity index is 6000. The standard InChI is InChI=1S/4C19H15N.4C7H8/c1-14-8-7-12-17-16-11-5-6-13-18(16)20(19(14)17)15-9-3-2-4-10-15;1-14-8-7-13-18-19(14)16-11-5-6-12-17(16)20(18)15-9-3-2-4-10-15;1-14-11-12-19-17(13-14)16-9-5-6-10-18(16)20(19)15-7-3-2-4-8-15;1-14-11-12-17-16-9-5-6-10-18(16)20(19(17)13-14)15-7-3-2-4-8-15;4*1-7-5-3-2-4-6-7/h4*2-13H,1H3;4*2-6H,1H3. The molecule has 20 rings (SSSR count). The Morgan fingerprint density at radius 2 is 0.417 bits per heavy atom. The van der Waals surface area contributed by atoms with Gasteiger partial charge in [-0.3, -0.25) is 0 Å². The lowest BCUT2D eigenvalue weighted by molar-refractivity contribution is 1.17. The molecular formula is C104H92N4. The van der Waals surface area contributed by atoms with E-state index in [0.717, 1.165) is 0 Å². The van der Waals surface area contributed by atoms with Crippen molar-refractivity contribution >= 4 is 87.2 Å². The van der Waals surface area contributed by atoms with Gasteiger partial charge in [-0.2, -0.15) is 0 Å². The monoisotopic (exact) mass is 1400 g/mol. The minimum absolute atomic E-state index is 1.21. The minimum Gasteiger partial charge on any atom is -0.309 e. The van der Waals surface area contributed by atoms with Crippen LogP contribution in [0.1, 0.15) is 44.5 Å². The molecule has 528 valence electrons. The van der Waals surface area contributed by atoms with Crippen LogP contribution < -0.4 is 0 Å². The zero-order valence-electron chi connectivity index (χ0n) is 63.0. The number of aromatic nitrogens is 4. The molecule has 108 heavy (non-hydrogen) atoms. The van der Waals surface area contributed by atoms with Gasteiger partial charge in [0.25, 0.3) is 0 Å². The summed E-state index contributed by atoms with van der Waals surface area (Å²) in [6.45, 7) is 17.0. The van der Waals surface area contributed by atoms with Gasteiger partial charge >= 0.3 is 0 Å². The average Bonchev–Trinajstić information content (AvgIpc) is 1.61. The maximum atomic E-state index is 2.36. The van der Waals surface area contributed by atoms with E-state index in [4.69, 9.17) is 0 Å². The van der Waals surface area contributed by atoms with E-state index in [1.165, 1.54) is 154 Å². The topological polar surface area (TPSA) is 19.7 Å². The summed E-state index contributed by atoms with van der Waals surface area (Å²) in [7, 11) is 0. The van der Waals surface area contributed by atoms with Gasteiger partial charge in [0.15, 0.2) is 0 Å². The third kappa shape index (κ3) is 17.2. The van der Waals surface area contributed by atoms with Crippen LogP contribution in [0, 0.1) is 55.4 Å². The molecule has 0 aliphatic rings. The quantitative estimate of drug-likeness (QED) is 0.167. The number of nitrogens with zero attached hydrogens (tertiary/aromatic N) is 4. The fraction of sp³-hybridized carbons (Fsp3) is 0.0769. The van der Waals surface area contributed by atoms with E-state index < -0.39 is 0 Å². The molecular weight excluding hydrogens is 1310 g/mol. The fourth-order valence-corrected chi connectivity index (χ4v) is 14.1. The maximum absolute atomic E-state index is 2.36. The molecule has 4 heterocycles. The number of fused-ring (bicyclic) bond motifs is 12. The first kappa shape index (κ1) is 73.0. The molecule has 0 radical (unpaired) electrons. The number of hydrogen-bond acceptors (Lipinski definition) is 0. The van der Waals surface area contributed by atoms with Gasteiger partial charge in [-0.1, -0.05) is 343 Å². The van der Waals surface area contributed by atoms with Gasteiger partial charge in [0.2, 0.25) is 0 Å². The molecule has 4 aromatic heterocycles. The number of benzene rings is 16. The summed E-state index contributed by atoms with van der Waals surface area (Å²) in [5.41, 5.74) is 25.5. The van der Waals surface area contributed by atoms with Crippen molar-refractivity contribution in [3.05, 3.63) is 457 Å². The first-order valence-corrected chi connectivity index (χ1v) is 37.2. The molecule has 0 bridgehead atoms. The van der Waals surface area contributed by atoms with Crippen molar-refractivity contribution in [2.75, 3.05) is 0 Å². The Balaban J connectivity index is 0.000000113. The lowest BCUT2D eigenvalue weighted by Crippen LogP contribution is -1.94. The van der Waals surface area contributed by atoms with Gasteiger partial charge in [0.05, 0.1) is 44.1 Å². The molecule has 16 aromatic carbocycles. The number of rotatable bonds is 4. The predicted octanol–water partition coefficient (Wildman–Crippen LogP) is 28.3. The molecule has 0 unspecified atom stereocenters. The summed E-state index contributed by atoms with van der Waals surface area (Å²) in [6.07, 6.45) is 0.